The van der Waals surface area contributed by atoms with Crippen molar-refractivity contribution in [1.82, 2.24) is 16.0 Å². The van der Waals surface area contributed by atoms with Gasteiger partial charge in [-0.15, -0.1) is 0 Å². The maximum atomic E-state index is 12.5. The molecule has 3 amide bonds. The zero-order valence-corrected chi connectivity index (χ0v) is 14.0. The van der Waals surface area contributed by atoms with Crippen LogP contribution in [0.3, 0.4) is 0 Å². The SMILES string of the molecule is CCNC(=O)NC(=O)[C@H](NCc1ccc(C)cc1)c1ccccc1. The van der Waals surface area contributed by atoms with Gasteiger partial charge in [-0.05, 0) is 25.0 Å². The predicted molar refractivity (Wildman–Crippen MR) is 94.4 cm³/mol. The molecule has 0 unspecified atom stereocenters. The fourth-order valence-electron chi connectivity index (χ4n) is 2.32. The van der Waals surface area contributed by atoms with Gasteiger partial charge in [0.1, 0.15) is 6.04 Å². The molecule has 0 aliphatic heterocycles. The lowest BCUT2D eigenvalue weighted by atomic mass is 10.1. The summed E-state index contributed by atoms with van der Waals surface area (Å²) in [6.45, 7) is 4.83. The summed E-state index contributed by atoms with van der Waals surface area (Å²) >= 11 is 0. The third-order valence-corrected chi connectivity index (χ3v) is 3.60. The standard InChI is InChI=1S/C19H23N3O2/c1-3-20-19(24)22-18(23)17(16-7-5-4-6-8-16)21-13-15-11-9-14(2)10-12-15/h4-12,17,21H,3,13H2,1-2H3,(H2,20,22,23,24)/t17-/m1/s1. The Morgan fingerprint density at radius 2 is 1.67 bits per heavy atom. The first-order valence-electron chi connectivity index (χ1n) is 8.02. The van der Waals surface area contributed by atoms with Crippen molar-refractivity contribution in [2.75, 3.05) is 6.54 Å². The summed E-state index contributed by atoms with van der Waals surface area (Å²) < 4.78 is 0. The van der Waals surface area contributed by atoms with Crippen molar-refractivity contribution >= 4 is 11.9 Å². The van der Waals surface area contributed by atoms with E-state index in [0.29, 0.717) is 13.1 Å². The van der Waals surface area contributed by atoms with Crippen LogP contribution in [-0.2, 0) is 11.3 Å². The third kappa shape index (κ3) is 5.21. The second-order valence-electron chi connectivity index (χ2n) is 5.56. The van der Waals surface area contributed by atoms with Crippen molar-refractivity contribution in [3.8, 4) is 0 Å². The molecule has 2 aromatic carbocycles. The molecule has 2 rings (SSSR count). The summed E-state index contributed by atoms with van der Waals surface area (Å²) in [6, 6.07) is 16.4. The first-order chi connectivity index (χ1) is 11.6. The summed E-state index contributed by atoms with van der Waals surface area (Å²) in [5.41, 5.74) is 3.08. The normalized spacial score (nSPS) is 11.6. The molecule has 126 valence electrons. The highest BCUT2D eigenvalue weighted by molar-refractivity contribution is 5.97. The van der Waals surface area contributed by atoms with E-state index in [1.54, 1.807) is 6.92 Å². The Balaban J connectivity index is 2.09. The summed E-state index contributed by atoms with van der Waals surface area (Å²) in [7, 11) is 0. The highest BCUT2D eigenvalue weighted by atomic mass is 16.2. The number of nitrogens with one attached hydrogen (secondary N) is 3. The van der Waals surface area contributed by atoms with Gasteiger partial charge in [-0.1, -0.05) is 60.2 Å². The van der Waals surface area contributed by atoms with E-state index in [0.717, 1.165) is 11.1 Å². The Bertz CT molecular complexity index is 669. The van der Waals surface area contributed by atoms with E-state index in [4.69, 9.17) is 0 Å². The minimum absolute atomic E-state index is 0.376. The van der Waals surface area contributed by atoms with Crippen LogP contribution in [0.5, 0.6) is 0 Å². The molecule has 1 atom stereocenters. The van der Waals surface area contributed by atoms with Gasteiger partial charge < -0.3 is 5.32 Å². The summed E-state index contributed by atoms with van der Waals surface area (Å²) in [5, 5.41) is 8.16. The van der Waals surface area contributed by atoms with Crippen molar-refractivity contribution in [1.29, 1.82) is 0 Å². The lowest BCUT2D eigenvalue weighted by Gasteiger charge is -2.18. The monoisotopic (exact) mass is 325 g/mol. The number of amides is 3. The number of carbonyl (C=O) groups is 2. The van der Waals surface area contributed by atoms with Crippen LogP contribution in [0.15, 0.2) is 54.6 Å². The van der Waals surface area contributed by atoms with Gasteiger partial charge in [0.25, 0.3) is 0 Å². The fourth-order valence-corrected chi connectivity index (χ4v) is 2.32. The quantitative estimate of drug-likeness (QED) is 0.765. The van der Waals surface area contributed by atoms with Crippen molar-refractivity contribution in [3.05, 3.63) is 71.3 Å². The fraction of sp³-hybridized carbons (Fsp3) is 0.263. The van der Waals surface area contributed by atoms with Gasteiger partial charge in [-0.25, -0.2) is 4.79 Å². The molecule has 0 saturated heterocycles. The second-order valence-corrected chi connectivity index (χ2v) is 5.56. The Morgan fingerprint density at radius 1 is 1.00 bits per heavy atom. The highest BCUT2D eigenvalue weighted by Gasteiger charge is 2.21. The lowest BCUT2D eigenvalue weighted by Crippen LogP contribution is -2.44. The molecule has 2 aromatic rings. The van der Waals surface area contributed by atoms with Crippen LogP contribution >= 0.6 is 0 Å². The van der Waals surface area contributed by atoms with Crippen molar-refractivity contribution < 1.29 is 9.59 Å². The molecule has 0 radical (unpaired) electrons. The number of hydrogen-bond donors (Lipinski definition) is 3. The Labute approximate surface area is 142 Å². The maximum absolute atomic E-state index is 12.5. The number of hydrogen-bond acceptors (Lipinski definition) is 3. The van der Waals surface area contributed by atoms with E-state index in [2.05, 4.69) is 16.0 Å². The minimum Gasteiger partial charge on any atom is -0.338 e. The molecule has 0 aliphatic rings. The van der Waals surface area contributed by atoms with Crippen molar-refractivity contribution in [3.63, 3.8) is 0 Å². The molecule has 5 nitrogen and oxygen atoms in total. The number of benzene rings is 2. The van der Waals surface area contributed by atoms with Gasteiger partial charge >= 0.3 is 6.03 Å². The maximum Gasteiger partial charge on any atom is 0.321 e. The molecule has 0 fully saturated rings. The van der Waals surface area contributed by atoms with Crippen LogP contribution in [-0.4, -0.2) is 18.5 Å². The van der Waals surface area contributed by atoms with Crippen LogP contribution in [0.2, 0.25) is 0 Å². The summed E-state index contributed by atoms with van der Waals surface area (Å²) in [6.07, 6.45) is 0. The zero-order chi connectivity index (χ0) is 17.4. The first kappa shape index (κ1) is 17.7. The lowest BCUT2D eigenvalue weighted by molar-refractivity contribution is -0.122. The Kier molecular flexibility index (Phi) is 6.51. The largest absolute Gasteiger partial charge is 0.338 e. The van der Waals surface area contributed by atoms with E-state index >= 15 is 0 Å². The molecule has 0 heterocycles. The minimum atomic E-state index is -0.602. The van der Waals surface area contributed by atoms with E-state index < -0.39 is 12.1 Å². The van der Waals surface area contributed by atoms with Crippen molar-refractivity contribution in [2.45, 2.75) is 26.4 Å². The molecule has 0 aliphatic carbocycles. The summed E-state index contributed by atoms with van der Waals surface area (Å²) in [4.78, 5) is 24.1. The van der Waals surface area contributed by atoms with E-state index in [-0.39, 0.29) is 5.91 Å². The third-order valence-electron chi connectivity index (χ3n) is 3.60. The molecule has 0 saturated carbocycles. The number of imide groups is 1. The second kappa shape index (κ2) is 8.84. The molecule has 24 heavy (non-hydrogen) atoms. The van der Waals surface area contributed by atoms with Crippen LogP contribution in [0.25, 0.3) is 0 Å². The smallest absolute Gasteiger partial charge is 0.321 e. The van der Waals surface area contributed by atoms with Crippen LogP contribution in [0.4, 0.5) is 4.79 Å². The van der Waals surface area contributed by atoms with E-state index in [1.165, 1.54) is 5.56 Å². The molecule has 0 bridgehead atoms. The topological polar surface area (TPSA) is 70.2 Å². The zero-order valence-electron chi connectivity index (χ0n) is 14.0. The van der Waals surface area contributed by atoms with Gasteiger partial charge in [0.15, 0.2) is 0 Å². The number of aryl methyl sites for hydroxylation is 1. The number of carbonyl (C=O) groups excluding carboxylic acids is 2. The summed E-state index contributed by atoms with van der Waals surface area (Å²) in [5.74, 6) is -0.376. The van der Waals surface area contributed by atoms with Gasteiger partial charge in [0.2, 0.25) is 5.91 Å². The van der Waals surface area contributed by atoms with Gasteiger partial charge in [0, 0.05) is 13.1 Å². The average molecular weight is 325 g/mol. The van der Waals surface area contributed by atoms with Crippen LogP contribution < -0.4 is 16.0 Å². The predicted octanol–water partition coefficient (Wildman–Crippen LogP) is 2.67. The number of urea groups is 1. The molecule has 0 spiro atoms. The molecule has 5 heteroatoms. The highest BCUT2D eigenvalue weighted by Crippen LogP contribution is 2.14. The van der Waals surface area contributed by atoms with E-state index in [1.807, 2.05) is 61.5 Å². The van der Waals surface area contributed by atoms with Crippen LogP contribution in [0, 0.1) is 6.92 Å². The molecular formula is C19H23N3O2. The van der Waals surface area contributed by atoms with Gasteiger partial charge in [0.05, 0.1) is 0 Å². The molecular weight excluding hydrogens is 302 g/mol. The van der Waals surface area contributed by atoms with Gasteiger partial charge in [-0.2, -0.15) is 0 Å². The molecule has 0 aromatic heterocycles. The first-order valence-corrected chi connectivity index (χ1v) is 8.02. The van der Waals surface area contributed by atoms with Crippen molar-refractivity contribution in [2.24, 2.45) is 0 Å². The Hall–Kier alpha value is -2.66. The van der Waals surface area contributed by atoms with E-state index in [9.17, 15) is 9.59 Å². The van der Waals surface area contributed by atoms with Crippen LogP contribution in [0.1, 0.15) is 29.7 Å². The Morgan fingerprint density at radius 3 is 2.29 bits per heavy atom. The number of rotatable bonds is 6. The van der Waals surface area contributed by atoms with Gasteiger partial charge in [-0.3, -0.25) is 15.4 Å². The average Bonchev–Trinajstić information content (AvgIpc) is 2.58. The molecule has 3 N–H and O–H groups in total.